The molecule has 0 bridgehead atoms. The second kappa shape index (κ2) is 5.75. The largest absolute Gasteiger partial charge is 0.505 e. The highest BCUT2D eigenvalue weighted by Gasteiger charge is 2.37. The molecule has 1 aliphatic heterocycles. The summed E-state index contributed by atoms with van der Waals surface area (Å²) in [4.78, 5) is 24.0. The lowest BCUT2D eigenvalue weighted by Crippen LogP contribution is -2.35. The van der Waals surface area contributed by atoms with Gasteiger partial charge >= 0.3 is 0 Å². The second-order valence-electron chi connectivity index (χ2n) is 5.44. The van der Waals surface area contributed by atoms with Gasteiger partial charge in [0.2, 0.25) is 11.7 Å². The van der Waals surface area contributed by atoms with Gasteiger partial charge < -0.3 is 10.8 Å². The maximum atomic E-state index is 12.8. The average molecular weight is 358 g/mol. The fourth-order valence-electron chi connectivity index (χ4n) is 2.63. The van der Waals surface area contributed by atoms with Gasteiger partial charge in [0.15, 0.2) is 5.76 Å². The van der Waals surface area contributed by atoms with Crippen molar-refractivity contribution >= 4 is 27.5 Å². The topological polar surface area (TPSA) is 118 Å². The number of carbonyl (C=O) groups is 2. The molecule has 0 aliphatic carbocycles. The number of likely N-dealkylation sites (N-methyl/N-ethyl adjacent to an activating group) is 1. The summed E-state index contributed by atoms with van der Waals surface area (Å²) >= 11 is 0. The summed E-state index contributed by atoms with van der Waals surface area (Å²) in [7, 11) is -2.79. The minimum absolute atomic E-state index is 0.0410. The molecule has 128 valence electrons. The summed E-state index contributed by atoms with van der Waals surface area (Å²) in [6.07, 6.45) is 0. The first-order valence-electron chi connectivity index (χ1n) is 7.21. The first-order chi connectivity index (χ1) is 11.7. The number of allylic oxidation sites excluding steroid dienone is 1. The molecule has 0 spiro atoms. The number of aliphatic hydroxyl groups is 1. The van der Waals surface area contributed by atoms with E-state index in [1.54, 1.807) is 6.07 Å². The lowest BCUT2D eigenvalue weighted by Gasteiger charge is -2.28. The first-order valence-corrected chi connectivity index (χ1v) is 8.65. The van der Waals surface area contributed by atoms with Crippen LogP contribution in [0, 0.1) is 0 Å². The van der Waals surface area contributed by atoms with E-state index in [9.17, 15) is 23.1 Å². The molecule has 3 N–H and O–H groups in total. The molecule has 1 heterocycles. The Kier molecular flexibility index (Phi) is 3.84. The molecule has 0 saturated heterocycles. The van der Waals surface area contributed by atoms with E-state index in [1.165, 1.54) is 49.5 Å². The van der Waals surface area contributed by atoms with Gasteiger partial charge in [0.05, 0.1) is 4.90 Å². The number of hydrogen-bond donors (Lipinski definition) is 2. The van der Waals surface area contributed by atoms with Crippen molar-refractivity contribution in [2.24, 2.45) is 5.73 Å². The summed E-state index contributed by atoms with van der Waals surface area (Å²) < 4.78 is 26.0. The van der Waals surface area contributed by atoms with Crippen LogP contribution in [0.2, 0.25) is 0 Å². The Hall–Kier alpha value is -3.13. The normalized spacial score (nSPS) is 15.6. The Labute approximate surface area is 144 Å². The third-order valence-corrected chi connectivity index (χ3v) is 5.76. The number of carbonyl (C=O) groups excluding carboxylic acids is 2. The van der Waals surface area contributed by atoms with Crippen LogP contribution < -0.4 is 5.73 Å². The van der Waals surface area contributed by atoms with Crippen molar-refractivity contribution in [2.75, 3.05) is 7.05 Å². The van der Waals surface area contributed by atoms with Gasteiger partial charge in [-0.15, -0.1) is 0 Å². The molecule has 1 aliphatic rings. The molecule has 0 fully saturated rings. The number of hydrogen-bond acceptors (Lipinski definition) is 5. The molecule has 3 rings (SSSR count). The summed E-state index contributed by atoms with van der Waals surface area (Å²) in [5.41, 5.74) is 5.01. The fraction of sp³-hybridized carbons (Fsp3) is 0.0588. The summed E-state index contributed by atoms with van der Waals surface area (Å²) in [6.45, 7) is 0. The number of nitrogens with two attached hydrogens (primary N) is 1. The molecule has 0 atom stereocenters. The SMILES string of the molecule is CN1C(C(=O)c2cccc(C(N)=O)c2)=C(O)c2ccccc2S1(=O)=O. The zero-order chi connectivity index (χ0) is 18.4. The molecule has 25 heavy (non-hydrogen) atoms. The van der Waals surface area contributed by atoms with Crippen molar-refractivity contribution < 1.29 is 23.1 Å². The number of aliphatic hydroxyl groups excluding tert-OH is 1. The number of sulfonamides is 1. The minimum Gasteiger partial charge on any atom is -0.505 e. The van der Waals surface area contributed by atoms with E-state index in [4.69, 9.17) is 5.73 Å². The zero-order valence-electron chi connectivity index (χ0n) is 13.1. The third-order valence-electron chi connectivity index (χ3n) is 3.94. The van der Waals surface area contributed by atoms with Gasteiger partial charge in [-0.2, -0.15) is 0 Å². The van der Waals surface area contributed by atoms with Gasteiger partial charge in [0, 0.05) is 23.7 Å². The molecule has 0 aromatic heterocycles. The monoisotopic (exact) mass is 358 g/mol. The maximum absolute atomic E-state index is 12.8. The van der Waals surface area contributed by atoms with Crippen LogP contribution in [0.4, 0.5) is 0 Å². The highest BCUT2D eigenvalue weighted by Crippen LogP contribution is 2.35. The first kappa shape index (κ1) is 16.7. The van der Waals surface area contributed by atoms with E-state index >= 15 is 0 Å². The number of Topliss-reactive ketones (excluding diaryl/α,β-unsaturated/α-hetero) is 1. The van der Waals surface area contributed by atoms with Gasteiger partial charge in [-0.1, -0.05) is 24.3 Å². The molecule has 0 saturated carbocycles. The van der Waals surface area contributed by atoms with Gasteiger partial charge in [-0.05, 0) is 24.3 Å². The lowest BCUT2D eigenvalue weighted by atomic mass is 10.0. The predicted molar refractivity (Wildman–Crippen MR) is 90.2 cm³/mol. The van der Waals surface area contributed by atoms with Crippen LogP contribution in [0.5, 0.6) is 0 Å². The van der Waals surface area contributed by atoms with E-state index in [0.29, 0.717) is 0 Å². The van der Waals surface area contributed by atoms with E-state index in [0.717, 1.165) is 4.31 Å². The van der Waals surface area contributed by atoms with E-state index in [1.807, 2.05) is 0 Å². The maximum Gasteiger partial charge on any atom is 0.265 e. The summed E-state index contributed by atoms with van der Waals surface area (Å²) in [6, 6.07) is 11.4. The Morgan fingerprint density at radius 1 is 1.04 bits per heavy atom. The summed E-state index contributed by atoms with van der Waals surface area (Å²) in [5, 5.41) is 10.5. The highest BCUT2D eigenvalue weighted by atomic mass is 32.2. The van der Waals surface area contributed by atoms with E-state index in [2.05, 4.69) is 0 Å². The predicted octanol–water partition coefficient (Wildman–Crippen LogP) is 1.53. The van der Waals surface area contributed by atoms with Crippen molar-refractivity contribution in [2.45, 2.75) is 4.90 Å². The molecule has 2 aromatic rings. The molecular weight excluding hydrogens is 344 g/mol. The molecule has 7 nitrogen and oxygen atoms in total. The number of nitrogens with zero attached hydrogens (tertiary/aromatic N) is 1. The smallest absolute Gasteiger partial charge is 0.265 e. The van der Waals surface area contributed by atoms with Crippen LogP contribution in [0.1, 0.15) is 26.3 Å². The van der Waals surface area contributed by atoms with E-state index in [-0.39, 0.29) is 27.3 Å². The van der Waals surface area contributed by atoms with Crippen LogP contribution in [0.15, 0.2) is 59.1 Å². The van der Waals surface area contributed by atoms with Crippen molar-refractivity contribution in [1.82, 2.24) is 4.31 Å². The second-order valence-corrected chi connectivity index (χ2v) is 7.38. The summed E-state index contributed by atoms with van der Waals surface area (Å²) in [5.74, 6) is -1.90. The molecular formula is C17H14N2O5S. The quantitative estimate of drug-likeness (QED) is 0.807. The van der Waals surface area contributed by atoms with Crippen LogP contribution in [0.3, 0.4) is 0 Å². The molecule has 1 amide bonds. The van der Waals surface area contributed by atoms with Crippen LogP contribution >= 0.6 is 0 Å². The number of amides is 1. The number of benzene rings is 2. The van der Waals surface area contributed by atoms with Crippen molar-refractivity contribution in [3.8, 4) is 0 Å². The van der Waals surface area contributed by atoms with Gasteiger partial charge in [-0.25, -0.2) is 8.42 Å². The Bertz CT molecular complexity index is 1040. The van der Waals surface area contributed by atoms with Crippen LogP contribution in [-0.4, -0.2) is 36.6 Å². The third kappa shape index (κ3) is 2.56. The van der Waals surface area contributed by atoms with Crippen LogP contribution in [0.25, 0.3) is 5.76 Å². The van der Waals surface area contributed by atoms with Gasteiger partial charge in [0.25, 0.3) is 10.0 Å². The standard InChI is InChI=1S/C17H14N2O5S/c1-19-14(15(20)10-5-4-6-11(9-10)17(18)22)16(21)12-7-2-3-8-13(12)25(19,23)24/h2-9,21H,1H3,(H2,18,22). The lowest BCUT2D eigenvalue weighted by molar-refractivity contribution is 0.1000. The Morgan fingerprint density at radius 2 is 1.68 bits per heavy atom. The Balaban J connectivity index is 2.21. The number of fused-ring (bicyclic) bond motifs is 1. The number of ketones is 1. The van der Waals surface area contributed by atoms with Gasteiger partial charge in [-0.3, -0.25) is 13.9 Å². The minimum atomic E-state index is -3.98. The van der Waals surface area contributed by atoms with Crippen molar-refractivity contribution in [1.29, 1.82) is 0 Å². The molecule has 2 aromatic carbocycles. The number of rotatable bonds is 3. The van der Waals surface area contributed by atoms with Gasteiger partial charge in [0.1, 0.15) is 5.70 Å². The highest BCUT2D eigenvalue weighted by molar-refractivity contribution is 7.89. The van der Waals surface area contributed by atoms with E-state index < -0.39 is 27.5 Å². The molecule has 8 heteroatoms. The average Bonchev–Trinajstić information content (AvgIpc) is 2.60. The molecule has 0 radical (unpaired) electrons. The Morgan fingerprint density at radius 3 is 2.36 bits per heavy atom. The number of primary amides is 1. The van der Waals surface area contributed by atoms with Crippen LogP contribution in [-0.2, 0) is 10.0 Å². The van der Waals surface area contributed by atoms with Crippen molar-refractivity contribution in [3.05, 3.63) is 70.9 Å². The molecule has 0 unspecified atom stereocenters. The fourth-order valence-corrected chi connectivity index (χ4v) is 4.03. The van der Waals surface area contributed by atoms with Crippen molar-refractivity contribution in [3.63, 3.8) is 0 Å². The zero-order valence-corrected chi connectivity index (χ0v) is 13.9.